The minimum atomic E-state index is 0.772. The Kier molecular flexibility index (Phi) is 6.37. The van der Waals surface area contributed by atoms with Crippen LogP contribution in [-0.2, 0) is 0 Å². The summed E-state index contributed by atoms with van der Waals surface area (Å²) < 4.78 is 0. The highest BCUT2D eigenvalue weighted by molar-refractivity contribution is 4.78. The predicted octanol–water partition coefficient (Wildman–Crippen LogP) is 2.74. The van der Waals surface area contributed by atoms with Crippen LogP contribution in [0.2, 0.25) is 0 Å². The van der Waals surface area contributed by atoms with Crippen LogP contribution >= 0.6 is 0 Å². The van der Waals surface area contributed by atoms with E-state index in [9.17, 15) is 0 Å². The second kappa shape index (κ2) is 7.29. The van der Waals surface area contributed by atoms with Gasteiger partial charge >= 0.3 is 0 Å². The molecule has 2 heteroatoms. The quantitative estimate of drug-likeness (QED) is 0.701. The first-order valence-corrected chi connectivity index (χ1v) is 7.06. The maximum atomic E-state index is 3.52. The van der Waals surface area contributed by atoms with Crippen molar-refractivity contribution in [1.82, 2.24) is 10.2 Å². The molecule has 1 aliphatic heterocycles. The van der Waals surface area contributed by atoms with Crippen molar-refractivity contribution in [1.29, 1.82) is 0 Å². The largest absolute Gasteiger partial charge is 0.316 e. The van der Waals surface area contributed by atoms with E-state index in [1.54, 1.807) is 0 Å². The van der Waals surface area contributed by atoms with Gasteiger partial charge in [0.05, 0.1) is 0 Å². The number of rotatable bonds is 6. The Morgan fingerprint density at radius 1 is 1.31 bits per heavy atom. The Morgan fingerprint density at radius 2 is 2.06 bits per heavy atom. The highest BCUT2D eigenvalue weighted by Gasteiger charge is 2.23. The third kappa shape index (κ3) is 4.84. The SMILES string of the molecule is CC(C)CNCCCN1CCCC(C)C1C. The van der Waals surface area contributed by atoms with Crippen molar-refractivity contribution < 1.29 is 0 Å². The van der Waals surface area contributed by atoms with Crippen LogP contribution in [0.25, 0.3) is 0 Å². The molecule has 2 atom stereocenters. The molecular weight excluding hydrogens is 196 g/mol. The average Bonchev–Trinajstić information content (AvgIpc) is 2.23. The van der Waals surface area contributed by atoms with E-state index in [1.807, 2.05) is 0 Å². The van der Waals surface area contributed by atoms with Crippen LogP contribution in [0.4, 0.5) is 0 Å². The molecule has 1 saturated heterocycles. The third-order valence-corrected chi connectivity index (χ3v) is 3.86. The number of nitrogens with zero attached hydrogens (tertiary/aromatic N) is 1. The second-order valence-electron chi connectivity index (χ2n) is 5.85. The molecule has 1 fully saturated rings. The van der Waals surface area contributed by atoms with E-state index in [-0.39, 0.29) is 0 Å². The van der Waals surface area contributed by atoms with Gasteiger partial charge in [-0.15, -0.1) is 0 Å². The zero-order chi connectivity index (χ0) is 12.0. The molecule has 0 spiro atoms. The Bertz CT molecular complexity index is 180. The highest BCUT2D eigenvalue weighted by atomic mass is 15.2. The zero-order valence-electron chi connectivity index (χ0n) is 11.6. The van der Waals surface area contributed by atoms with Crippen LogP contribution in [0.5, 0.6) is 0 Å². The lowest BCUT2D eigenvalue weighted by atomic mass is 9.92. The summed E-state index contributed by atoms with van der Waals surface area (Å²) in [6.45, 7) is 14.2. The molecule has 1 heterocycles. The van der Waals surface area contributed by atoms with Crippen LogP contribution in [0, 0.1) is 11.8 Å². The molecule has 2 nitrogen and oxygen atoms in total. The summed E-state index contributed by atoms with van der Waals surface area (Å²) in [6, 6.07) is 0.791. The van der Waals surface area contributed by atoms with E-state index in [0.29, 0.717) is 0 Å². The van der Waals surface area contributed by atoms with Crippen molar-refractivity contribution in [3.05, 3.63) is 0 Å². The van der Waals surface area contributed by atoms with Gasteiger partial charge in [0.2, 0.25) is 0 Å². The fraction of sp³-hybridized carbons (Fsp3) is 1.00. The summed E-state index contributed by atoms with van der Waals surface area (Å²) in [5, 5.41) is 3.52. The van der Waals surface area contributed by atoms with Crippen LogP contribution in [0.15, 0.2) is 0 Å². The lowest BCUT2D eigenvalue weighted by Gasteiger charge is -2.38. The Balaban J connectivity index is 2.07. The summed E-state index contributed by atoms with van der Waals surface area (Å²) in [5.41, 5.74) is 0. The molecule has 1 N–H and O–H groups in total. The van der Waals surface area contributed by atoms with Crippen LogP contribution < -0.4 is 5.32 Å². The lowest BCUT2D eigenvalue weighted by Crippen LogP contribution is -2.43. The maximum Gasteiger partial charge on any atom is 0.00925 e. The summed E-state index contributed by atoms with van der Waals surface area (Å²) in [5.74, 6) is 1.66. The van der Waals surface area contributed by atoms with E-state index in [4.69, 9.17) is 0 Å². The molecule has 1 aliphatic rings. The average molecular weight is 226 g/mol. The van der Waals surface area contributed by atoms with Gasteiger partial charge in [0, 0.05) is 6.04 Å². The van der Waals surface area contributed by atoms with Gasteiger partial charge in [0.1, 0.15) is 0 Å². The van der Waals surface area contributed by atoms with Crippen LogP contribution in [0.1, 0.15) is 47.0 Å². The van der Waals surface area contributed by atoms with Crippen molar-refractivity contribution >= 4 is 0 Å². The first-order chi connectivity index (χ1) is 7.61. The minimum Gasteiger partial charge on any atom is -0.316 e. The molecule has 2 unspecified atom stereocenters. The summed E-state index contributed by atoms with van der Waals surface area (Å²) >= 11 is 0. The second-order valence-corrected chi connectivity index (χ2v) is 5.85. The van der Waals surface area contributed by atoms with Crippen molar-refractivity contribution in [3.63, 3.8) is 0 Å². The number of hydrogen-bond acceptors (Lipinski definition) is 2. The predicted molar refractivity (Wildman–Crippen MR) is 71.8 cm³/mol. The molecule has 96 valence electrons. The summed E-state index contributed by atoms with van der Waals surface area (Å²) in [7, 11) is 0. The van der Waals surface area contributed by atoms with E-state index in [1.165, 1.54) is 38.9 Å². The highest BCUT2D eigenvalue weighted by Crippen LogP contribution is 2.22. The third-order valence-electron chi connectivity index (χ3n) is 3.86. The maximum absolute atomic E-state index is 3.52. The van der Waals surface area contributed by atoms with E-state index < -0.39 is 0 Å². The molecule has 0 aliphatic carbocycles. The van der Waals surface area contributed by atoms with E-state index in [2.05, 4.69) is 37.9 Å². The van der Waals surface area contributed by atoms with Crippen LogP contribution in [0.3, 0.4) is 0 Å². The zero-order valence-corrected chi connectivity index (χ0v) is 11.6. The Morgan fingerprint density at radius 3 is 2.75 bits per heavy atom. The van der Waals surface area contributed by atoms with Gasteiger partial charge in [-0.3, -0.25) is 0 Å². The molecule has 0 aromatic heterocycles. The van der Waals surface area contributed by atoms with Crippen molar-refractivity contribution in [2.45, 2.75) is 53.0 Å². The van der Waals surface area contributed by atoms with E-state index in [0.717, 1.165) is 24.4 Å². The molecule has 0 aromatic carbocycles. The lowest BCUT2D eigenvalue weighted by molar-refractivity contribution is 0.112. The molecule has 0 radical (unpaired) electrons. The molecule has 1 rings (SSSR count). The number of hydrogen-bond donors (Lipinski definition) is 1. The first-order valence-electron chi connectivity index (χ1n) is 7.06. The Hall–Kier alpha value is -0.0800. The van der Waals surface area contributed by atoms with Gasteiger partial charge in [0.25, 0.3) is 0 Å². The molecular formula is C14H30N2. The standard InChI is InChI=1S/C14H30N2/c1-12(2)11-15-8-6-10-16-9-5-7-13(3)14(16)4/h12-15H,5-11H2,1-4H3. The summed E-state index contributed by atoms with van der Waals surface area (Å²) in [4.78, 5) is 2.67. The molecule has 0 saturated carbocycles. The normalized spacial score (nSPS) is 27.6. The fourth-order valence-electron chi connectivity index (χ4n) is 2.53. The van der Waals surface area contributed by atoms with Crippen LogP contribution in [-0.4, -0.2) is 37.1 Å². The monoisotopic (exact) mass is 226 g/mol. The molecule has 0 bridgehead atoms. The molecule has 0 amide bonds. The number of nitrogens with one attached hydrogen (secondary N) is 1. The fourth-order valence-corrected chi connectivity index (χ4v) is 2.53. The van der Waals surface area contributed by atoms with Crippen molar-refractivity contribution in [3.8, 4) is 0 Å². The molecule has 0 aromatic rings. The Labute approximate surface area is 102 Å². The van der Waals surface area contributed by atoms with E-state index >= 15 is 0 Å². The number of piperidine rings is 1. The van der Waals surface area contributed by atoms with Crippen molar-refractivity contribution in [2.75, 3.05) is 26.2 Å². The van der Waals surface area contributed by atoms with Gasteiger partial charge in [-0.05, 0) is 64.2 Å². The topological polar surface area (TPSA) is 15.3 Å². The van der Waals surface area contributed by atoms with Gasteiger partial charge in [-0.25, -0.2) is 0 Å². The summed E-state index contributed by atoms with van der Waals surface area (Å²) in [6.07, 6.45) is 4.11. The number of likely N-dealkylation sites (tertiary alicyclic amines) is 1. The first kappa shape index (κ1) is 14.0. The van der Waals surface area contributed by atoms with Gasteiger partial charge in [-0.2, -0.15) is 0 Å². The van der Waals surface area contributed by atoms with Gasteiger partial charge < -0.3 is 10.2 Å². The van der Waals surface area contributed by atoms with Gasteiger partial charge in [0.15, 0.2) is 0 Å². The van der Waals surface area contributed by atoms with Crippen molar-refractivity contribution in [2.24, 2.45) is 11.8 Å². The smallest absolute Gasteiger partial charge is 0.00925 e. The molecule has 16 heavy (non-hydrogen) atoms. The van der Waals surface area contributed by atoms with Gasteiger partial charge in [-0.1, -0.05) is 20.8 Å². The minimum absolute atomic E-state index is 0.772.